The van der Waals surface area contributed by atoms with E-state index in [9.17, 15) is 9.18 Å². The quantitative estimate of drug-likeness (QED) is 0.520. The third kappa shape index (κ3) is 3.84. The maximum atomic E-state index is 14.7. The summed E-state index contributed by atoms with van der Waals surface area (Å²) in [5.41, 5.74) is 1.67. The van der Waals surface area contributed by atoms with Gasteiger partial charge < -0.3 is 14.8 Å². The molecule has 2 heterocycles. The van der Waals surface area contributed by atoms with Crippen molar-refractivity contribution in [3.8, 4) is 5.75 Å². The third-order valence-electron chi connectivity index (χ3n) is 5.72. The van der Waals surface area contributed by atoms with Gasteiger partial charge in [-0.2, -0.15) is 0 Å². The first-order valence-electron chi connectivity index (χ1n) is 9.88. The Kier molecular flexibility index (Phi) is 5.04. The summed E-state index contributed by atoms with van der Waals surface area (Å²) < 4.78 is 25.8. The molecule has 2 aromatic rings. The lowest BCUT2D eigenvalue weighted by atomic mass is 9.98. The Morgan fingerprint density at radius 1 is 1.34 bits per heavy atom. The first-order chi connectivity index (χ1) is 13.9. The Balaban J connectivity index is 1.45. The molecule has 2 N–H and O–H groups in total. The van der Waals surface area contributed by atoms with Crippen molar-refractivity contribution in [2.75, 3.05) is 12.4 Å². The Bertz CT molecular complexity index is 934. The Labute approximate surface area is 169 Å². The van der Waals surface area contributed by atoms with Crippen molar-refractivity contribution in [2.45, 2.75) is 57.5 Å². The first-order valence-corrected chi connectivity index (χ1v) is 9.88. The number of ether oxygens (including phenoxy) is 2. The van der Waals surface area contributed by atoms with Gasteiger partial charge in [0.25, 0.3) is 0 Å². The van der Waals surface area contributed by atoms with Gasteiger partial charge in [0.1, 0.15) is 17.4 Å². The van der Waals surface area contributed by atoms with Gasteiger partial charge in [0.05, 0.1) is 12.7 Å². The summed E-state index contributed by atoms with van der Waals surface area (Å²) in [7, 11) is 1.48. The van der Waals surface area contributed by atoms with Gasteiger partial charge in [-0.15, -0.1) is 0 Å². The number of carbonyl (C=O) groups is 1. The van der Waals surface area contributed by atoms with E-state index in [1.807, 2.05) is 26.0 Å². The fraction of sp³-hybridized carbons (Fsp3) is 0.455. The van der Waals surface area contributed by atoms with Crippen molar-refractivity contribution >= 4 is 11.6 Å². The average molecular weight is 399 g/mol. The Morgan fingerprint density at radius 3 is 2.79 bits per heavy atom. The van der Waals surface area contributed by atoms with Crippen molar-refractivity contribution in [1.82, 2.24) is 10.3 Å². The van der Waals surface area contributed by atoms with Crippen LogP contribution < -0.4 is 15.4 Å². The summed E-state index contributed by atoms with van der Waals surface area (Å²) in [4.78, 5) is 16.6. The molecule has 0 spiro atoms. The van der Waals surface area contributed by atoms with E-state index < -0.39 is 0 Å². The summed E-state index contributed by atoms with van der Waals surface area (Å²) in [5.74, 6) is 0.604. The molecule has 2 aliphatic rings. The van der Waals surface area contributed by atoms with E-state index in [4.69, 9.17) is 9.47 Å². The highest BCUT2D eigenvalue weighted by Crippen LogP contribution is 2.56. The van der Waals surface area contributed by atoms with Crippen molar-refractivity contribution in [2.24, 2.45) is 0 Å². The van der Waals surface area contributed by atoms with Crippen LogP contribution in [0.3, 0.4) is 0 Å². The van der Waals surface area contributed by atoms with Gasteiger partial charge in [-0.25, -0.2) is 9.37 Å². The standard InChI is InChI=1S/C22H26FN3O3/c1-5-16(27)13-7-8-15(23)18(19(13)28-4)14-10-22(14,3)26-21-20(29-21)25-17-9-6-12(2)11-24-17/h6-9,11,14,20-21,26H,5,10H2,1-4H3,(H,24,25)/t14-,20?,21?,22+/m1/s1. The first kappa shape index (κ1) is 19.8. The number of epoxide rings is 1. The lowest BCUT2D eigenvalue weighted by molar-refractivity contribution is 0.0985. The molecule has 6 nitrogen and oxygen atoms in total. The van der Waals surface area contributed by atoms with Crippen molar-refractivity contribution in [3.05, 3.63) is 53.0 Å². The molecule has 1 saturated heterocycles. The number of benzene rings is 1. The van der Waals surface area contributed by atoms with E-state index in [2.05, 4.69) is 15.6 Å². The molecule has 154 valence electrons. The van der Waals surface area contributed by atoms with Crippen LogP contribution in [0, 0.1) is 12.7 Å². The maximum absolute atomic E-state index is 14.7. The molecule has 0 amide bonds. The molecule has 0 bridgehead atoms. The minimum Gasteiger partial charge on any atom is -0.496 e. The largest absolute Gasteiger partial charge is 0.496 e. The molecule has 7 heteroatoms. The maximum Gasteiger partial charge on any atom is 0.171 e. The lowest BCUT2D eigenvalue weighted by Gasteiger charge is -2.17. The second kappa shape index (κ2) is 7.39. The predicted molar refractivity (Wildman–Crippen MR) is 108 cm³/mol. The van der Waals surface area contributed by atoms with Crippen molar-refractivity contribution < 1.29 is 18.7 Å². The van der Waals surface area contributed by atoms with E-state index in [0.717, 1.165) is 17.8 Å². The molecule has 0 radical (unpaired) electrons. The number of hydrogen-bond donors (Lipinski definition) is 2. The van der Waals surface area contributed by atoms with Crippen molar-refractivity contribution in [3.63, 3.8) is 0 Å². The van der Waals surface area contributed by atoms with Gasteiger partial charge in [0, 0.05) is 29.6 Å². The Hall–Kier alpha value is -2.51. The van der Waals surface area contributed by atoms with Gasteiger partial charge >= 0.3 is 0 Å². The number of Topliss-reactive ketones (excluding diaryl/α,β-unsaturated/α-hetero) is 1. The normalized spacial score (nSPS) is 27.4. The molecule has 1 aromatic heterocycles. The number of aromatic nitrogens is 1. The van der Waals surface area contributed by atoms with Crippen LogP contribution in [-0.4, -0.2) is 35.9 Å². The molecule has 1 aliphatic heterocycles. The molecule has 2 unspecified atom stereocenters. The zero-order valence-corrected chi connectivity index (χ0v) is 17.1. The van der Waals surface area contributed by atoms with E-state index in [1.165, 1.54) is 19.2 Å². The van der Waals surface area contributed by atoms with E-state index in [0.29, 0.717) is 23.3 Å². The number of ketones is 1. The van der Waals surface area contributed by atoms with Gasteiger partial charge in [0.15, 0.2) is 18.2 Å². The van der Waals surface area contributed by atoms with Crippen LogP contribution in [0.5, 0.6) is 5.75 Å². The summed E-state index contributed by atoms with van der Waals surface area (Å²) in [6.45, 7) is 5.81. The SMILES string of the molecule is CCC(=O)c1ccc(F)c([C@H]2C[C@]2(C)NC2OC2Nc2ccc(C)cn2)c1OC. The monoisotopic (exact) mass is 399 g/mol. The number of pyridine rings is 1. The van der Waals surface area contributed by atoms with Gasteiger partial charge in [-0.05, 0) is 44.0 Å². The molecule has 4 atom stereocenters. The van der Waals surface area contributed by atoms with Crippen LogP contribution in [0.1, 0.15) is 54.1 Å². The highest BCUT2D eigenvalue weighted by Gasteiger charge is 2.57. The number of carbonyl (C=O) groups excluding carboxylic acids is 1. The van der Waals surface area contributed by atoms with E-state index >= 15 is 0 Å². The van der Waals surface area contributed by atoms with Crippen LogP contribution in [0.4, 0.5) is 10.2 Å². The minimum atomic E-state index is -0.347. The van der Waals surface area contributed by atoms with Crippen LogP contribution in [-0.2, 0) is 4.74 Å². The number of nitrogens with zero attached hydrogens (tertiary/aromatic N) is 1. The van der Waals surface area contributed by atoms with Crippen molar-refractivity contribution in [1.29, 1.82) is 0 Å². The number of aryl methyl sites for hydroxylation is 1. The highest BCUT2D eigenvalue weighted by atomic mass is 19.1. The number of nitrogens with one attached hydrogen (secondary N) is 2. The molecule has 4 rings (SSSR count). The second-order valence-electron chi connectivity index (χ2n) is 7.98. The smallest absolute Gasteiger partial charge is 0.171 e. The minimum absolute atomic E-state index is 0.0567. The van der Waals surface area contributed by atoms with Gasteiger partial charge in [-0.3, -0.25) is 10.1 Å². The predicted octanol–water partition coefficient (Wildman–Crippen LogP) is 3.76. The average Bonchev–Trinajstić information content (AvgIpc) is 3.60. The second-order valence-corrected chi connectivity index (χ2v) is 7.98. The number of rotatable bonds is 8. The van der Waals surface area contributed by atoms with Crippen LogP contribution in [0.15, 0.2) is 30.5 Å². The zero-order chi connectivity index (χ0) is 20.8. The fourth-order valence-corrected chi connectivity index (χ4v) is 3.83. The number of hydrogen-bond acceptors (Lipinski definition) is 6. The molecule has 1 saturated carbocycles. The summed E-state index contributed by atoms with van der Waals surface area (Å²) in [6.07, 6.45) is 2.52. The molecular formula is C22H26FN3O3. The van der Waals surface area contributed by atoms with E-state index in [1.54, 1.807) is 13.1 Å². The molecule has 1 aromatic carbocycles. The molecule has 1 aliphatic carbocycles. The summed E-state index contributed by atoms with van der Waals surface area (Å²) >= 11 is 0. The summed E-state index contributed by atoms with van der Waals surface area (Å²) in [6, 6.07) is 6.76. The number of methoxy groups -OCH3 is 1. The Morgan fingerprint density at radius 2 is 2.14 bits per heavy atom. The van der Waals surface area contributed by atoms with Crippen LogP contribution >= 0.6 is 0 Å². The topological polar surface area (TPSA) is 75.8 Å². The number of halogens is 1. The third-order valence-corrected chi connectivity index (χ3v) is 5.72. The molecule has 29 heavy (non-hydrogen) atoms. The van der Waals surface area contributed by atoms with Gasteiger partial charge in [0.2, 0.25) is 0 Å². The lowest BCUT2D eigenvalue weighted by Crippen LogP contribution is -2.35. The van der Waals surface area contributed by atoms with E-state index in [-0.39, 0.29) is 35.5 Å². The highest BCUT2D eigenvalue weighted by molar-refractivity contribution is 5.99. The summed E-state index contributed by atoms with van der Waals surface area (Å²) in [5, 5.41) is 6.68. The molecular weight excluding hydrogens is 373 g/mol. The van der Waals surface area contributed by atoms with Gasteiger partial charge in [-0.1, -0.05) is 13.0 Å². The zero-order valence-electron chi connectivity index (χ0n) is 17.1. The molecule has 2 fully saturated rings. The fourth-order valence-electron chi connectivity index (χ4n) is 3.83. The van der Waals surface area contributed by atoms with Crippen LogP contribution in [0.2, 0.25) is 0 Å². The number of anilines is 1. The van der Waals surface area contributed by atoms with Crippen LogP contribution in [0.25, 0.3) is 0 Å².